The maximum absolute atomic E-state index is 11.9. The highest BCUT2D eigenvalue weighted by atomic mass is 32.2. The highest BCUT2D eigenvalue weighted by Gasteiger charge is 2.28. The molecule has 2 heterocycles. The third kappa shape index (κ3) is 5.28. The second kappa shape index (κ2) is 7.22. The SMILES string of the molecule is O=C(CS(=O)(=O)C[C@H]1CCCO1)N[C@H]1CCCCNC1=O. The van der Waals surface area contributed by atoms with E-state index in [9.17, 15) is 18.0 Å². The van der Waals surface area contributed by atoms with Gasteiger partial charge in [0.15, 0.2) is 9.84 Å². The number of hydrogen-bond donors (Lipinski definition) is 2. The molecule has 2 saturated heterocycles. The molecule has 2 atom stereocenters. The summed E-state index contributed by atoms with van der Waals surface area (Å²) in [6.45, 7) is 1.18. The van der Waals surface area contributed by atoms with Gasteiger partial charge in [-0.05, 0) is 32.1 Å². The van der Waals surface area contributed by atoms with Crippen LogP contribution >= 0.6 is 0 Å². The van der Waals surface area contributed by atoms with Crippen LogP contribution in [0.1, 0.15) is 32.1 Å². The Morgan fingerprint density at radius 2 is 2.10 bits per heavy atom. The first-order chi connectivity index (χ1) is 9.96. The standard InChI is InChI=1S/C13H22N2O5S/c16-12(15-11-5-1-2-6-14-13(11)17)9-21(18,19)8-10-4-3-7-20-10/h10-11H,1-9H2,(H,14,17)(H,15,16)/t10-,11+/m1/s1. The molecular weight excluding hydrogens is 296 g/mol. The van der Waals surface area contributed by atoms with E-state index >= 15 is 0 Å². The Bertz CT molecular complexity index is 485. The fraction of sp³-hybridized carbons (Fsp3) is 0.846. The minimum Gasteiger partial charge on any atom is -0.377 e. The first kappa shape index (κ1) is 16.2. The van der Waals surface area contributed by atoms with Crippen molar-refractivity contribution in [1.29, 1.82) is 0 Å². The Balaban J connectivity index is 1.83. The number of carbonyl (C=O) groups excluding carboxylic acids is 2. The zero-order valence-electron chi connectivity index (χ0n) is 12.0. The monoisotopic (exact) mass is 318 g/mol. The molecule has 2 amide bonds. The van der Waals surface area contributed by atoms with Crippen LogP contribution in [-0.2, 0) is 24.2 Å². The molecule has 0 radical (unpaired) electrons. The van der Waals surface area contributed by atoms with E-state index in [2.05, 4.69) is 10.6 Å². The summed E-state index contributed by atoms with van der Waals surface area (Å²) in [4.78, 5) is 23.5. The minimum atomic E-state index is -3.51. The fourth-order valence-corrected chi connectivity index (χ4v) is 4.06. The quantitative estimate of drug-likeness (QED) is 0.702. The topological polar surface area (TPSA) is 102 Å². The van der Waals surface area contributed by atoms with Gasteiger partial charge in [-0.25, -0.2) is 8.42 Å². The predicted octanol–water partition coefficient (Wildman–Crippen LogP) is -0.635. The molecular formula is C13H22N2O5S. The third-order valence-corrected chi connectivity index (χ3v) is 5.27. The van der Waals surface area contributed by atoms with Crippen molar-refractivity contribution < 1.29 is 22.7 Å². The van der Waals surface area contributed by atoms with Crippen molar-refractivity contribution in [2.75, 3.05) is 24.7 Å². The highest BCUT2D eigenvalue weighted by Crippen LogP contribution is 2.14. The van der Waals surface area contributed by atoms with Crippen molar-refractivity contribution in [3.05, 3.63) is 0 Å². The summed E-state index contributed by atoms with van der Waals surface area (Å²) >= 11 is 0. The zero-order valence-corrected chi connectivity index (χ0v) is 12.8. The summed E-state index contributed by atoms with van der Waals surface area (Å²) in [5.74, 6) is -1.57. The van der Waals surface area contributed by atoms with Crippen LogP contribution in [0, 0.1) is 0 Å². The van der Waals surface area contributed by atoms with Gasteiger partial charge in [-0.1, -0.05) is 0 Å². The lowest BCUT2D eigenvalue weighted by atomic mass is 10.1. The maximum Gasteiger partial charge on any atom is 0.242 e. The van der Waals surface area contributed by atoms with Crippen LogP contribution in [0.5, 0.6) is 0 Å². The average Bonchev–Trinajstić information content (AvgIpc) is 2.79. The van der Waals surface area contributed by atoms with Crippen molar-refractivity contribution in [3.8, 4) is 0 Å². The van der Waals surface area contributed by atoms with Crippen LogP contribution in [0.15, 0.2) is 0 Å². The van der Waals surface area contributed by atoms with Crippen LogP contribution in [-0.4, -0.2) is 57.0 Å². The molecule has 0 spiro atoms. The van der Waals surface area contributed by atoms with Gasteiger partial charge in [-0.15, -0.1) is 0 Å². The summed E-state index contributed by atoms with van der Waals surface area (Å²) < 4.78 is 29.2. The largest absolute Gasteiger partial charge is 0.377 e. The van der Waals surface area contributed by atoms with E-state index in [1.807, 2.05) is 0 Å². The van der Waals surface area contributed by atoms with Crippen LogP contribution in [0.2, 0.25) is 0 Å². The summed E-state index contributed by atoms with van der Waals surface area (Å²) in [7, 11) is -3.51. The molecule has 21 heavy (non-hydrogen) atoms. The molecule has 0 aromatic carbocycles. The van der Waals surface area contributed by atoms with Crippen LogP contribution in [0.25, 0.3) is 0 Å². The molecule has 0 saturated carbocycles. The molecule has 2 fully saturated rings. The molecule has 8 heteroatoms. The number of nitrogens with one attached hydrogen (secondary N) is 2. The molecule has 2 N–H and O–H groups in total. The highest BCUT2D eigenvalue weighted by molar-refractivity contribution is 7.92. The second-order valence-corrected chi connectivity index (χ2v) is 7.71. The van der Waals surface area contributed by atoms with E-state index in [1.54, 1.807) is 0 Å². The van der Waals surface area contributed by atoms with E-state index < -0.39 is 27.5 Å². The number of rotatable bonds is 5. The lowest BCUT2D eigenvalue weighted by molar-refractivity contribution is -0.127. The Morgan fingerprint density at radius 3 is 2.81 bits per heavy atom. The summed E-state index contributed by atoms with van der Waals surface area (Å²) in [6.07, 6.45) is 3.51. The van der Waals surface area contributed by atoms with Crippen molar-refractivity contribution in [2.24, 2.45) is 0 Å². The van der Waals surface area contributed by atoms with Gasteiger partial charge < -0.3 is 15.4 Å². The van der Waals surface area contributed by atoms with Crippen LogP contribution in [0.4, 0.5) is 0 Å². The first-order valence-corrected chi connectivity index (χ1v) is 9.17. The molecule has 2 aliphatic heterocycles. The van der Waals surface area contributed by atoms with Gasteiger partial charge in [0.05, 0.1) is 11.9 Å². The van der Waals surface area contributed by atoms with E-state index in [0.29, 0.717) is 26.0 Å². The van der Waals surface area contributed by atoms with Crippen LogP contribution in [0.3, 0.4) is 0 Å². The van der Waals surface area contributed by atoms with Crippen molar-refractivity contribution in [3.63, 3.8) is 0 Å². The average molecular weight is 318 g/mol. The third-order valence-electron chi connectivity index (χ3n) is 3.69. The number of amides is 2. The van der Waals surface area contributed by atoms with Gasteiger partial charge in [0.1, 0.15) is 11.8 Å². The number of sulfone groups is 1. The zero-order chi connectivity index (χ0) is 15.3. The van der Waals surface area contributed by atoms with Crippen molar-refractivity contribution in [2.45, 2.75) is 44.2 Å². The molecule has 2 rings (SSSR count). The molecule has 0 aromatic rings. The molecule has 0 bridgehead atoms. The Labute approximate surface area is 124 Å². The Morgan fingerprint density at radius 1 is 1.29 bits per heavy atom. The fourth-order valence-electron chi connectivity index (χ4n) is 2.63. The minimum absolute atomic E-state index is 0.128. The lowest BCUT2D eigenvalue weighted by Gasteiger charge is -2.16. The van der Waals surface area contributed by atoms with Crippen molar-refractivity contribution >= 4 is 21.7 Å². The van der Waals surface area contributed by atoms with E-state index in [4.69, 9.17) is 4.74 Å². The summed E-state index contributed by atoms with van der Waals surface area (Å²) in [5.41, 5.74) is 0. The van der Waals surface area contributed by atoms with Crippen molar-refractivity contribution in [1.82, 2.24) is 10.6 Å². The van der Waals surface area contributed by atoms with Gasteiger partial charge in [-0.2, -0.15) is 0 Å². The van der Waals surface area contributed by atoms with E-state index in [-0.39, 0.29) is 17.8 Å². The Hall–Kier alpha value is -1.15. The molecule has 0 aliphatic carbocycles. The number of hydrogen-bond acceptors (Lipinski definition) is 5. The molecule has 0 aromatic heterocycles. The second-order valence-electron chi connectivity index (χ2n) is 5.60. The molecule has 2 aliphatic rings. The summed E-state index contributed by atoms with van der Waals surface area (Å²) in [6, 6.07) is -0.627. The smallest absolute Gasteiger partial charge is 0.242 e. The first-order valence-electron chi connectivity index (χ1n) is 7.35. The van der Waals surface area contributed by atoms with E-state index in [0.717, 1.165) is 19.3 Å². The molecule has 7 nitrogen and oxygen atoms in total. The number of ether oxygens (including phenoxy) is 1. The van der Waals surface area contributed by atoms with Gasteiger partial charge in [0.25, 0.3) is 0 Å². The maximum atomic E-state index is 11.9. The van der Waals surface area contributed by atoms with Crippen LogP contribution < -0.4 is 10.6 Å². The van der Waals surface area contributed by atoms with Gasteiger partial charge in [0, 0.05) is 13.2 Å². The Kier molecular flexibility index (Phi) is 5.58. The van der Waals surface area contributed by atoms with E-state index in [1.165, 1.54) is 0 Å². The van der Waals surface area contributed by atoms with Gasteiger partial charge in [0.2, 0.25) is 11.8 Å². The lowest BCUT2D eigenvalue weighted by Crippen LogP contribution is -2.47. The number of carbonyl (C=O) groups is 2. The predicted molar refractivity (Wildman–Crippen MR) is 76.4 cm³/mol. The van der Waals surface area contributed by atoms with Gasteiger partial charge >= 0.3 is 0 Å². The summed E-state index contributed by atoms with van der Waals surface area (Å²) in [5, 5.41) is 5.22. The van der Waals surface area contributed by atoms with Gasteiger partial charge in [-0.3, -0.25) is 9.59 Å². The molecule has 120 valence electrons. The molecule has 0 unspecified atom stereocenters. The normalized spacial score (nSPS) is 27.0.